The summed E-state index contributed by atoms with van der Waals surface area (Å²) in [5.41, 5.74) is 2.28. The maximum absolute atomic E-state index is 11.0. The van der Waals surface area contributed by atoms with E-state index in [1.54, 1.807) is 6.92 Å². The smallest absolute Gasteiger partial charge is 0.337 e. The molecule has 2 rings (SSSR count). The van der Waals surface area contributed by atoms with Gasteiger partial charge in [0.25, 0.3) is 0 Å². The first kappa shape index (κ1) is 9.43. The Bertz CT molecular complexity index is 418. The molecule has 2 heterocycles. The molecule has 1 aromatic heterocycles. The van der Waals surface area contributed by atoms with Gasteiger partial charge in [0, 0.05) is 18.7 Å². The van der Waals surface area contributed by atoms with Gasteiger partial charge in [-0.2, -0.15) is 0 Å². The second kappa shape index (κ2) is 3.22. The number of hydrogen-bond acceptors (Lipinski definition) is 3. The van der Waals surface area contributed by atoms with Crippen LogP contribution in [0.1, 0.15) is 27.3 Å². The molecule has 0 atom stereocenters. The third-order valence-electron chi connectivity index (χ3n) is 2.30. The number of nitrogens with zero attached hydrogens (tertiary/aromatic N) is 1. The summed E-state index contributed by atoms with van der Waals surface area (Å²) >= 11 is 5.90. The van der Waals surface area contributed by atoms with E-state index in [2.05, 4.69) is 10.3 Å². The minimum absolute atomic E-state index is 0.194. The molecule has 0 saturated heterocycles. The van der Waals surface area contributed by atoms with Crippen LogP contribution < -0.4 is 5.32 Å². The van der Waals surface area contributed by atoms with E-state index in [1.165, 1.54) is 0 Å². The molecule has 0 fully saturated rings. The lowest BCUT2D eigenvalue weighted by Gasteiger charge is -2.07. The monoisotopic (exact) mass is 212 g/mol. The number of halogens is 1. The van der Waals surface area contributed by atoms with Crippen molar-refractivity contribution in [1.29, 1.82) is 0 Å². The molecule has 0 amide bonds. The van der Waals surface area contributed by atoms with E-state index in [0.29, 0.717) is 24.3 Å². The third-order valence-corrected chi connectivity index (χ3v) is 2.76. The SMILES string of the molecule is Cc1nc2c(c(C(=O)O)c1Cl)CNC2. The van der Waals surface area contributed by atoms with Crippen LogP contribution in [-0.4, -0.2) is 16.1 Å². The summed E-state index contributed by atoms with van der Waals surface area (Å²) in [6.07, 6.45) is 0. The molecule has 0 bridgehead atoms. The van der Waals surface area contributed by atoms with Crippen molar-refractivity contribution in [3.05, 3.63) is 27.5 Å². The van der Waals surface area contributed by atoms with E-state index in [9.17, 15) is 4.79 Å². The Morgan fingerprint density at radius 3 is 2.93 bits per heavy atom. The van der Waals surface area contributed by atoms with E-state index in [-0.39, 0.29) is 10.6 Å². The summed E-state index contributed by atoms with van der Waals surface area (Å²) in [7, 11) is 0. The zero-order chi connectivity index (χ0) is 10.3. The summed E-state index contributed by atoms with van der Waals surface area (Å²) in [5.74, 6) is -0.986. The van der Waals surface area contributed by atoms with Crippen molar-refractivity contribution in [2.75, 3.05) is 0 Å². The first-order chi connectivity index (χ1) is 6.61. The first-order valence-corrected chi connectivity index (χ1v) is 4.61. The molecule has 14 heavy (non-hydrogen) atoms. The molecular weight excluding hydrogens is 204 g/mol. The van der Waals surface area contributed by atoms with Gasteiger partial charge in [-0.25, -0.2) is 4.79 Å². The number of fused-ring (bicyclic) bond motifs is 1. The van der Waals surface area contributed by atoms with E-state index in [4.69, 9.17) is 16.7 Å². The number of hydrogen-bond donors (Lipinski definition) is 2. The minimum Gasteiger partial charge on any atom is -0.478 e. The van der Waals surface area contributed by atoms with E-state index >= 15 is 0 Å². The van der Waals surface area contributed by atoms with Crippen LogP contribution in [0.4, 0.5) is 0 Å². The Morgan fingerprint density at radius 1 is 1.57 bits per heavy atom. The van der Waals surface area contributed by atoms with Crippen LogP contribution in [0.3, 0.4) is 0 Å². The van der Waals surface area contributed by atoms with E-state index in [0.717, 1.165) is 5.69 Å². The summed E-state index contributed by atoms with van der Waals surface area (Å²) < 4.78 is 0. The second-order valence-corrected chi connectivity index (χ2v) is 3.60. The lowest BCUT2D eigenvalue weighted by molar-refractivity contribution is 0.0695. The molecule has 0 spiro atoms. The number of carbonyl (C=O) groups is 1. The quantitative estimate of drug-likeness (QED) is 0.738. The normalized spacial score (nSPS) is 14.1. The molecular formula is C9H9ClN2O2. The predicted molar refractivity (Wildman–Crippen MR) is 51.5 cm³/mol. The number of aromatic carboxylic acids is 1. The molecule has 1 aliphatic rings. The second-order valence-electron chi connectivity index (χ2n) is 3.22. The highest BCUT2D eigenvalue weighted by Gasteiger charge is 2.24. The van der Waals surface area contributed by atoms with Gasteiger partial charge >= 0.3 is 5.97 Å². The highest BCUT2D eigenvalue weighted by atomic mass is 35.5. The van der Waals surface area contributed by atoms with Crippen molar-refractivity contribution in [3.63, 3.8) is 0 Å². The molecule has 1 aliphatic heterocycles. The van der Waals surface area contributed by atoms with Crippen LogP contribution in [0.5, 0.6) is 0 Å². The fourth-order valence-electron chi connectivity index (χ4n) is 1.64. The van der Waals surface area contributed by atoms with Crippen LogP contribution in [0.2, 0.25) is 5.02 Å². The van der Waals surface area contributed by atoms with Gasteiger partial charge in [-0.15, -0.1) is 0 Å². The summed E-state index contributed by atoms with van der Waals surface area (Å²) in [5, 5.41) is 12.3. The Morgan fingerprint density at radius 2 is 2.29 bits per heavy atom. The zero-order valence-electron chi connectivity index (χ0n) is 7.59. The molecule has 0 aliphatic carbocycles. The number of carboxylic acid groups (broad SMARTS) is 1. The average Bonchev–Trinajstić information content (AvgIpc) is 2.52. The summed E-state index contributed by atoms with van der Waals surface area (Å²) in [6.45, 7) is 2.87. The first-order valence-electron chi connectivity index (χ1n) is 4.23. The molecule has 0 unspecified atom stereocenters. The maximum atomic E-state index is 11.0. The van der Waals surface area contributed by atoms with Gasteiger partial charge in [0.2, 0.25) is 0 Å². The molecule has 74 valence electrons. The van der Waals surface area contributed by atoms with Crippen molar-refractivity contribution in [3.8, 4) is 0 Å². The lowest BCUT2D eigenvalue weighted by Crippen LogP contribution is -2.07. The van der Waals surface area contributed by atoms with Crippen molar-refractivity contribution in [2.24, 2.45) is 0 Å². The number of rotatable bonds is 1. The maximum Gasteiger partial charge on any atom is 0.337 e. The van der Waals surface area contributed by atoms with Gasteiger partial charge < -0.3 is 10.4 Å². The van der Waals surface area contributed by atoms with Crippen LogP contribution in [0, 0.1) is 6.92 Å². The Balaban J connectivity index is 2.72. The molecule has 0 aromatic carbocycles. The Kier molecular flexibility index (Phi) is 2.17. The molecule has 0 radical (unpaired) electrons. The lowest BCUT2D eigenvalue weighted by atomic mass is 10.1. The van der Waals surface area contributed by atoms with Crippen molar-refractivity contribution < 1.29 is 9.90 Å². The molecule has 0 saturated carbocycles. The molecule has 1 aromatic rings. The summed E-state index contributed by atoms with van der Waals surface area (Å²) in [4.78, 5) is 15.2. The van der Waals surface area contributed by atoms with Gasteiger partial charge in [0.05, 0.1) is 22.0 Å². The third kappa shape index (κ3) is 1.27. The van der Waals surface area contributed by atoms with Crippen LogP contribution in [0.25, 0.3) is 0 Å². The predicted octanol–water partition coefficient (Wildman–Crippen LogP) is 1.34. The topological polar surface area (TPSA) is 62.2 Å². The van der Waals surface area contributed by atoms with Gasteiger partial charge in [-0.3, -0.25) is 4.98 Å². The highest BCUT2D eigenvalue weighted by Crippen LogP contribution is 2.27. The Hall–Kier alpha value is -1.13. The van der Waals surface area contributed by atoms with Crippen molar-refractivity contribution in [2.45, 2.75) is 20.0 Å². The van der Waals surface area contributed by atoms with Gasteiger partial charge in [-0.05, 0) is 6.92 Å². The standard InChI is InChI=1S/C9H9ClN2O2/c1-4-8(10)7(9(13)14)5-2-11-3-6(5)12-4/h11H,2-3H2,1H3,(H,13,14). The van der Waals surface area contributed by atoms with E-state index in [1.807, 2.05) is 0 Å². The number of pyridine rings is 1. The molecule has 4 nitrogen and oxygen atoms in total. The number of aromatic nitrogens is 1. The highest BCUT2D eigenvalue weighted by molar-refractivity contribution is 6.34. The van der Waals surface area contributed by atoms with Gasteiger partial charge in [0.1, 0.15) is 0 Å². The minimum atomic E-state index is -0.986. The summed E-state index contributed by atoms with van der Waals surface area (Å²) in [6, 6.07) is 0. The Labute approximate surface area is 85.9 Å². The van der Waals surface area contributed by atoms with Crippen molar-refractivity contribution >= 4 is 17.6 Å². The number of aryl methyl sites for hydroxylation is 1. The number of nitrogens with one attached hydrogen (secondary N) is 1. The van der Waals surface area contributed by atoms with Crippen molar-refractivity contribution in [1.82, 2.24) is 10.3 Å². The molecule has 2 N–H and O–H groups in total. The number of carboxylic acids is 1. The van der Waals surface area contributed by atoms with E-state index < -0.39 is 5.97 Å². The fraction of sp³-hybridized carbons (Fsp3) is 0.333. The molecule has 5 heteroatoms. The largest absolute Gasteiger partial charge is 0.478 e. The average molecular weight is 213 g/mol. The van der Waals surface area contributed by atoms with Crippen LogP contribution in [0.15, 0.2) is 0 Å². The van der Waals surface area contributed by atoms with Gasteiger partial charge in [-0.1, -0.05) is 11.6 Å². The van der Waals surface area contributed by atoms with Crippen LogP contribution in [-0.2, 0) is 13.1 Å². The van der Waals surface area contributed by atoms with Crippen LogP contribution >= 0.6 is 11.6 Å². The van der Waals surface area contributed by atoms with Gasteiger partial charge in [0.15, 0.2) is 0 Å². The fourth-order valence-corrected chi connectivity index (χ4v) is 1.88. The zero-order valence-corrected chi connectivity index (χ0v) is 8.35.